The van der Waals surface area contributed by atoms with Crippen LogP contribution in [-0.2, 0) is 16.1 Å². The van der Waals surface area contributed by atoms with Gasteiger partial charge < -0.3 is 10.1 Å². The predicted molar refractivity (Wildman–Crippen MR) is 111 cm³/mol. The molecule has 0 radical (unpaired) electrons. The molecule has 0 aliphatic rings. The third kappa shape index (κ3) is 5.30. The molecular weight excluding hydrogens is 368 g/mol. The second-order valence-electron chi connectivity index (χ2n) is 6.58. The summed E-state index contributed by atoms with van der Waals surface area (Å²) in [5, 5.41) is 7.11. The summed E-state index contributed by atoms with van der Waals surface area (Å²) in [4.78, 5) is 26.9. The Morgan fingerprint density at radius 3 is 2.38 bits per heavy atom. The van der Waals surface area contributed by atoms with Crippen LogP contribution >= 0.6 is 0 Å². The fourth-order valence-electron chi connectivity index (χ4n) is 2.96. The quantitative estimate of drug-likeness (QED) is 0.596. The van der Waals surface area contributed by atoms with Gasteiger partial charge in [0.2, 0.25) is 5.91 Å². The number of aromatic nitrogens is 2. The number of amides is 1. The van der Waals surface area contributed by atoms with Crippen LogP contribution in [0.15, 0.2) is 66.9 Å². The summed E-state index contributed by atoms with van der Waals surface area (Å²) in [5.74, 6) is -0.470. The molecule has 0 aliphatic heterocycles. The van der Waals surface area contributed by atoms with Crippen molar-refractivity contribution in [3.8, 4) is 5.69 Å². The van der Waals surface area contributed by atoms with Crippen LogP contribution in [0.1, 0.15) is 22.8 Å². The van der Waals surface area contributed by atoms with Gasteiger partial charge in [-0.15, -0.1) is 0 Å². The van der Waals surface area contributed by atoms with Crippen LogP contribution in [0.2, 0.25) is 0 Å². The molecule has 0 saturated heterocycles. The van der Waals surface area contributed by atoms with E-state index in [2.05, 4.69) is 10.4 Å². The molecule has 0 spiro atoms. The minimum Gasteiger partial charge on any atom is -0.462 e. The SMILES string of the molecule is CCOC(=O)c1cnn(-c2ccccc2)c1NC(=O)CN(C)Cc1ccccc1. The van der Waals surface area contributed by atoms with Crippen molar-refractivity contribution in [2.45, 2.75) is 13.5 Å². The van der Waals surface area contributed by atoms with Crippen LogP contribution in [-0.4, -0.2) is 46.8 Å². The van der Waals surface area contributed by atoms with Gasteiger partial charge in [0.1, 0.15) is 5.56 Å². The van der Waals surface area contributed by atoms with E-state index in [1.807, 2.05) is 72.6 Å². The first kappa shape index (κ1) is 20.3. The highest BCUT2D eigenvalue weighted by Gasteiger charge is 2.22. The van der Waals surface area contributed by atoms with Gasteiger partial charge in [0.25, 0.3) is 0 Å². The minimum atomic E-state index is -0.525. The number of benzene rings is 2. The highest BCUT2D eigenvalue weighted by Crippen LogP contribution is 2.21. The van der Waals surface area contributed by atoms with Crippen LogP contribution in [0.3, 0.4) is 0 Å². The first-order valence-electron chi connectivity index (χ1n) is 9.41. The van der Waals surface area contributed by atoms with E-state index in [4.69, 9.17) is 4.74 Å². The van der Waals surface area contributed by atoms with Crippen molar-refractivity contribution in [1.29, 1.82) is 0 Å². The zero-order chi connectivity index (χ0) is 20.6. The Bertz CT molecular complexity index is 955. The zero-order valence-electron chi connectivity index (χ0n) is 16.5. The molecule has 1 aromatic heterocycles. The number of esters is 1. The van der Waals surface area contributed by atoms with Gasteiger partial charge in [-0.25, -0.2) is 9.48 Å². The van der Waals surface area contributed by atoms with Gasteiger partial charge in [-0.05, 0) is 31.7 Å². The molecule has 0 atom stereocenters. The van der Waals surface area contributed by atoms with E-state index in [0.717, 1.165) is 11.3 Å². The maximum Gasteiger partial charge on any atom is 0.343 e. The topological polar surface area (TPSA) is 76.5 Å². The molecule has 0 bridgehead atoms. The average Bonchev–Trinajstić information content (AvgIpc) is 3.13. The summed E-state index contributed by atoms with van der Waals surface area (Å²) in [6.07, 6.45) is 1.41. The van der Waals surface area contributed by atoms with Crippen molar-refractivity contribution in [2.24, 2.45) is 0 Å². The van der Waals surface area contributed by atoms with Gasteiger partial charge in [0.05, 0.1) is 25.0 Å². The number of anilines is 1. The van der Waals surface area contributed by atoms with Gasteiger partial charge >= 0.3 is 5.97 Å². The number of rotatable bonds is 8. The summed E-state index contributed by atoms with van der Waals surface area (Å²) in [6, 6.07) is 19.2. The summed E-state index contributed by atoms with van der Waals surface area (Å²) < 4.78 is 6.63. The Hall–Kier alpha value is -3.45. The van der Waals surface area contributed by atoms with E-state index < -0.39 is 5.97 Å². The maximum absolute atomic E-state index is 12.7. The number of hydrogen-bond donors (Lipinski definition) is 1. The molecule has 150 valence electrons. The van der Waals surface area contributed by atoms with Gasteiger partial charge in [-0.1, -0.05) is 48.5 Å². The first-order chi connectivity index (χ1) is 14.1. The Kier molecular flexibility index (Phi) is 6.76. The average molecular weight is 392 g/mol. The molecule has 1 heterocycles. The molecule has 0 saturated carbocycles. The van der Waals surface area contributed by atoms with Crippen LogP contribution in [0, 0.1) is 0 Å². The van der Waals surface area contributed by atoms with Gasteiger partial charge in [0.15, 0.2) is 5.82 Å². The molecular formula is C22H24N4O3. The fraction of sp³-hybridized carbons (Fsp3) is 0.227. The van der Waals surface area contributed by atoms with Crippen molar-refractivity contribution in [3.05, 3.63) is 78.0 Å². The molecule has 1 amide bonds. The molecule has 0 unspecified atom stereocenters. The lowest BCUT2D eigenvalue weighted by Crippen LogP contribution is -2.31. The summed E-state index contributed by atoms with van der Waals surface area (Å²) in [5.41, 5.74) is 2.06. The number of likely N-dealkylation sites (N-methyl/N-ethyl adjacent to an activating group) is 1. The van der Waals surface area contributed by atoms with Crippen LogP contribution in [0.25, 0.3) is 5.69 Å². The monoisotopic (exact) mass is 392 g/mol. The molecule has 3 rings (SSSR count). The standard InChI is InChI=1S/C22H24N4O3/c1-3-29-22(28)19-14-23-26(18-12-8-5-9-13-18)21(19)24-20(27)16-25(2)15-17-10-6-4-7-11-17/h4-14H,3,15-16H2,1-2H3,(H,24,27). The number of carbonyl (C=O) groups excluding carboxylic acids is 2. The zero-order valence-corrected chi connectivity index (χ0v) is 16.5. The molecule has 7 heteroatoms. The van der Waals surface area contributed by atoms with Crippen molar-refractivity contribution in [2.75, 3.05) is 25.5 Å². The predicted octanol–water partition coefficient (Wildman–Crippen LogP) is 3.12. The number of ether oxygens (including phenoxy) is 1. The molecule has 1 N–H and O–H groups in total. The molecule has 2 aromatic carbocycles. The second-order valence-corrected chi connectivity index (χ2v) is 6.58. The summed E-state index contributed by atoms with van der Waals surface area (Å²) in [7, 11) is 1.87. The number of hydrogen-bond acceptors (Lipinski definition) is 5. The van der Waals surface area contributed by atoms with Crippen LogP contribution in [0.5, 0.6) is 0 Å². The molecule has 0 fully saturated rings. The van der Waals surface area contributed by atoms with Crippen molar-refractivity contribution < 1.29 is 14.3 Å². The molecule has 7 nitrogen and oxygen atoms in total. The van der Waals surface area contributed by atoms with Crippen molar-refractivity contribution in [1.82, 2.24) is 14.7 Å². The van der Waals surface area contributed by atoms with Gasteiger partial charge in [-0.3, -0.25) is 9.69 Å². The smallest absolute Gasteiger partial charge is 0.343 e. The minimum absolute atomic E-state index is 0.164. The third-order valence-electron chi connectivity index (χ3n) is 4.23. The number of para-hydroxylation sites is 1. The number of nitrogens with one attached hydrogen (secondary N) is 1. The van der Waals surface area contributed by atoms with Gasteiger partial charge in [-0.2, -0.15) is 5.10 Å². The Morgan fingerprint density at radius 2 is 1.72 bits per heavy atom. The normalized spacial score (nSPS) is 10.7. The molecule has 0 aliphatic carbocycles. The Labute approximate surface area is 169 Å². The van der Waals surface area contributed by atoms with Crippen molar-refractivity contribution >= 4 is 17.7 Å². The Morgan fingerprint density at radius 1 is 1.07 bits per heavy atom. The fourth-order valence-corrected chi connectivity index (χ4v) is 2.96. The van der Waals surface area contributed by atoms with E-state index in [0.29, 0.717) is 12.4 Å². The highest BCUT2D eigenvalue weighted by molar-refractivity contribution is 6.01. The van der Waals surface area contributed by atoms with E-state index in [1.54, 1.807) is 6.92 Å². The van der Waals surface area contributed by atoms with Gasteiger partial charge in [0, 0.05) is 6.54 Å². The van der Waals surface area contributed by atoms with E-state index in [9.17, 15) is 9.59 Å². The lowest BCUT2D eigenvalue weighted by atomic mass is 10.2. The largest absolute Gasteiger partial charge is 0.462 e. The summed E-state index contributed by atoms with van der Waals surface area (Å²) in [6.45, 7) is 2.77. The Balaban J connectivity index is 1.78. The highest BCUT2D eigenvalue weighted by atomic mass is 16.5. The second kappa shape index (κ2) is 9.66. The van der Waals surface area contributed by atoms with E-state index >= 15 is 0 Å². The third-order valence-corrected chi connectivity index (χ3v) is 4.23. The summed E-state index contributed by atoms with van der Waals surface area (Å²) >= 11 is 0. The van der Waals surface area contributed by atoms with E-state index in [1.165, 1.54) is 10.9 Å². The van der Waals surface area contributed by atoms with Crippen LogP contribution < -0.4 is 5.32 Å². The molecule has 29 heavy (non-hydrogen) atoms. The number of carbonyl (C=O) groups is 2. The lowest BCUT2D eigenvalue weighted by molar-refractivity contribution is -0.117. The first-order valence-corrected chi connectivity index (χ1v) is 9.41. The molecule has 3 aromatic rings. The van der Waals surface area contributed by atoms with E-state index in [-0.39, 0.29) is 24.6 Å². The number of nitrogens with zero attached hydrogens (tertiary/aromatic N) is 3. The lowest BCUT2D eigenvalue weighted by Gasteiger charge is -2.17. The van der Waals surface area contributed by atoms with Crippen molar-refractivity contribution in [3.63, 3.8) is 0 Å². The maximum atomic E-state index is 12.7. The van der Waals surface area contributed by atoms with Crippen LogP contribution in [0.4, 0.5) is 5.82 Å².